The van der Waals surface area contributed by atoms with Crippen LogP contribution in [-0.4, -0.2) is 23.7 Å². The minimum atomic E-state index is -0.136. The van der Waals surface area contributed by atoms with Crippen LogP contribution in [0.25, 0.3) is 0 Å². The second kappa shape index (κ2) is 6.67. The zero-order valence-electron chi connectivity index (χ0n) is 10.2. The Balaban J connectivity index is 2.74. The molecule has 4 heteroatoms. The zero-order valence-corrected chi connectivity index (χ0v) is 11.1. The summed E-state index contributed by atoms with van der Waals surface area (Å²) in [7, 11) is 0. The average Bonchev–Trinajstić information content (AvgIpc) is 2.28. The molecule has 1 aromatic carbocycles. The summed E-state index contributed by atoms with van der Waals surface area (Å²) in [4.78, 5) is 12.7. The van der Waals surface area contributed by atoms with Gasteiger partial charge in [-0.3, -0.25) is 4.79 Å². The van der Waals surface area contributed by atoms with Crippen LogP contribution in [0.2, 0.25) is 0 Å². The molecule has 0 aliphatic carbocycles. The number of nitrogens with one attached hydrogen (secondary N) is 1. The van der Waals surface area contributed by atoms with Gasteiger partial charge in [0.25, 0.3) is 5.91 Å². The van der Waals surface area contributed by atoms with Crippen molar-refractivity contribution in [3.05, 3.63) is 29.8 Å². The first-order valence-electron chi connectivity index (χ1n) is 5.76. The van der Waals surface area contributed by atoms with Crippen LogP contribution in [0.1, 0.15) is 30.6 Å². The van der Waals surface area contributed by atoms with E-state index < -0.39 is 0 Å². The third-order valence-electron chi connectivity index (χ3n) is 2.71. The highest BCUT2D eigenvalue weighted by Gasteiger charge is 2.17. The topological polar surface area (TPSA) is 49.3 Å². The van der Waals surface area contributed by atoms with Gasteiger partial charge < -0.3 is 10.4 Å². The Bertz CT molecular complexity index is 379. The third kappa shape index (κ3) is 4.06. The van der Waals surface area contributed by atoms with Crippen LogP contribution in [0.4, 0.5) is 0 Å². The van der Waals surface area contributed by atoms with Crippen molar-refractivity contribution in [3.63, 3.8) is 0 Å². The van der Waals surface area contributed by atoms with E-state index in [9.17, 15) is 4.79 Å². The smallest absolute Gasteiger partial charge is 0.252 e. The molecule has 0 saturated carbocycles. The van der Waals surface area contributed by atoms with E-state index in [1.54, 1.807) is 12.1 Å². The highest BCUT2D eigenvalue weighted by atomic mass is 32.1. The monoisotopic (exact) mass is 253 g/mol. The Morgan fingerprint density at radius 2 is 2.06 bits per heavy atom. The van der Waals surface area contributed by atoms with Gasteiger partial charge in [0.1, 0.15) is 0 Å². The Labute approximate surface area is 108 Å². The molecule has 1 aromatic rings. The van der Waals surface area contributed by atoms with Gasteiger partial charge in [0.2, 0.25) is 0 Å². The summed E-state index contributed by atoms with van der Waals surface area (Å²) in [5.41, 5.74) is 0.569. The minimum Gasteiger partial charge on any atom is -0.396 e. The van der Waals surface area contributed by atoms with Gasteiger partial charge in [0.15, 0.2) is 0 Å². The average molecular weight is 253 g/mol. The molecule has 1 rings (SSSR count). The molecule has 0 aliphatic heterocycles. The van der Waals surface area contributed by atoms with Crippen LogP contribution in [-0.2, 0) is 0 Å². The van der Waals surface area contributed by atoms with Crippen LogP contribution >= 0.6 is 12.6 Å². The number of aliphatic hydroxyl groups excluding tert-OH is 1. The van der Waals surface area contributed by atoms with E-state index in [0.29, 0.717) is 16.9 Å². The molecule has 0 fully saturated rings. The van der Waals surface area contributed by atoms with Gasteiger partial charge in [-0.05, 0) is 24.5 Å². The van der Waals surface area contributed by atoms with E-state index in [0.717, 1.165) is 0 Å². The lowest BCUT2D eigenvalue weighted by Gasteiger charge is -2.21. The molecule has 2 N–H and O–H groups in total. The maximum Gasteiger partial charge on any atom is 0.252 e. The Kier molecular flexibility index (Phi) is 5.51. The fraction of sp³-hybridized carbons (Fsp3) is 0.462. The molecule has 1 atom stereocenters. The van der Waals surface area contributed by atoms with Gasteiger partial charge in [-0.1, -0.05) is 26.0 Å². The lowest BCUT2D eigenvalue weighted by molar-refractivity contribution is 0.0913. The van der Waals surface area contributed by atoms with Crippen LogP contribution in [0.3, 0.4) is 0 Å². The molecular weight excluding hydrogens is 234 g/mol. The number of rotatable bonds is 5. The van der Waals surface area contributed by atoms with Crippen molar-refractivity contribution in [2.24, 2.45) is 5.92 Å². The Morgan fingerprint density at radius 3 is 2.59 bits per heavy atom. The maximum atomic E-state index is 12.0. The van der Waals surface area contributed by atoms with E-state index in [1.165, 1.54) is 0 Å². The quantitative estimate of drug-likeness (QED) is 0.704. The number of carbonyl (C=O) groups excluding carboxylic acids is 1. The third-order valence-corrected chi connectivity index (χ3v) is 3.10. The van der Waals surface area contributed by atoms with Crippen molar-refractivity contribution < 1.29 is 9.90 Å². The molecule has 0 aliphatic rings. The normalized spacial score (nSPS) is 12.5. The molecule has 1 unspecified atom stereocenters. The van der Waals surface area contributed by atoms with Gasteiger partial charge in [-0.15, -0.1) is 12.6 Å². The van der Waals surface area contributed by atoms with E-state index in [2.05, 4.69) is 17.9 Å². The SMILES string of the molecule is CC(C)C(CCO)NC(=O)c1ccccc1S. The number of amides is 1. The first-order valence-corrected chi connectivity index (χ1v) is 6.20. The van der Waals surface area contributed by atoms with Crippen LogP contribution in [0.5, 0.6) is 0 Å². The number of carbonyl (C=O) groups is 1. The molecule has 0 bridgehead atoms. The molecule has 0 heterocycles. The van der Waals surface area contributed by atoms with Gasteiger partial charge in [0.05, 0.1) is 5.56 Å². The number of benzene rings is 1. The van der Waals surface area contributed by atoms with Gasteiger partial charge in [-0.25, -0.2) is 0 Å². The standard InChI is InChI=1S/C13H19NO2S/c1-9(2)11(7-8-15)14-13(16)10-5-3-4-6-12(10)17/h3-6,9,11,15,17H,7-8H2,1-2H3,(H,14,16). The van der Waals surface area contributed by atoms with E-state index in [4.69, 9.17) is 5.11 Å². The molecule has 0 spiro atoms. The lowest BCUT2D eigenvalue weighted by atomic mass is 10.0. The molecule has 94 valence electrons. The molecule has 0 saturated heterocycles. The summed E-state index contributed by atoms with van der Waals surface area (Å²) < 4.78 is 0. The fourth-order valence-electron chi connectivity index (χ4n) is 1.62. The molecule has 0 aromatic heterocycles. The predicted octanol–water partition coefficient (Wildman–Crippen LogP) is 2.11. The highest BCUT2D eigenvalue weighted by Crippen LogP contribution is 2.14. The Morgan fingerprint density at radius 1 is 1.41 bits per heavy atom. The summed E-state index contributed by atoms with van der Waals surface area (Å²) in [5.74, 6) is 0.154. The predicted molar refractivity (Wildman–Crippen MR) is 71.5 cm³/mol. The van der Waals surface area contributed by atoms with Crippen molar-refractivity contribution in [2.75, 3.05) is 6.61 Å². The van der Waals surface area contributed by atoms with Crippen molar-refractivity contribution in [2.45, 2.75) is 31.2 Å². The Hall–Kier alpha value is -1.00. The van der Waals surface area contributed by atoms with Gasteiger partial charge in [0, 0.05) is 17.5 Å². The van der Waals surface area contributed by atoms with Gasteiger partial charge >= 0.3 is 0 Å². The summed E-state index contributed by atoms with van der Waals surface area (Å²) in [6, 6.07) is 7.17. The summed E-state index contributed by atoms with van der Waals surface area (Å²) >= 11 is 4.25. The number of hydrogen-bond acceptors (Lipinski definition) is 3. The molecule has 3 nitrogen and oxygen atoms in total. The van der Waals surface area contributed by atoms with Crippen molar-refractivity contribution in [3.8, 4) is 0 Å². The summed E-state index contributed by atoms with van der Waals surface area (Å²) in [5, 5.41) is 11.9. The molecular formula is C13H19NO2S. The summed E-state index contributed by atoms with van der Waals surface area (Å²) in [6.07, 6.45) is 0.568. The van der Waals surface area contributed by atoms with Crippen molar-refractivity contribution in [1.29, 1.82) is 0 Å². The van der Waals surface area contributed by atoms with Crippen molar-refractivity contribution >= 4 is 18.5 Å². The number of aliphatic hydroxyl groups is 1. The summed E-state index contributed by atoms with van der Waals surface area (Å²) in [6.45, 7) is 4.12. The number of thiol groups is 1. The second-order valence-electron chi connectivity index (χ2n) is 4.35. The molecule has 17 heavy (non-hydrogen) atoms. The van der Waals surface area contributed by atoms with Gasteiger partial charge in [-0.2, -0.15) is 0 Å². The molecule has 1 amide bonds. The maximum absolute atomic E-state index is 12.0. The molecule has 0 radical (unpaired) electrons. The van der Waals surface area contributed by atoms with E-state index >= 15 is 0 Å². The largest absolute Gasteiger partial charge is 0.396 e. The minimum absolute atomic E-state index is 0.0135. The van der Waals surface area contributed by atoms with E-state index in [-0.39, 0.29) is 24.5 Å². The highest BCUT2D eigenvalue weighted by molar-refractivity contribution is 7.80. The lowest BCUT2D eigenvalue weighted by Crippen LogP contribution is -2.39. The van der Waals surface area contributed by atoms with Crippen molar-refractivity contribution in [1.82, 2.24) is 5.32 Å². The van der Waals surface area contributed by atoms with Crippen LogP contribution in [0, 0.1) is 5.92 Å². The second-order valence-corrected chi connectivity index (χ2v) is 4.84. The van der Waals surface area contributed by atoms with Crippen LogP contribution in [0.15, 0.2) is 29.2 Å². The first-order chi connectivity index (χ1) is 8.06. The van der Waals surface area contributed by atoms with Crippen LogP contribution < -0.4 is 5.32 Å². The first kappa shape index (κ1) is 14.1. The number of hydrogen-bond donors (Lipinski definition) is 3. The fourth-order valence-corrected chi connectivity index (χ4v) is 1.89. The van der Waals surface area contributed by atoms with E-state index in [1.807, 2.05) is 26.0 Å². The zero-order chi connectivity index (χ0) is 12.8.